The summed E-state index contributed by atoms with van der Waals surface area (Å²) in [5.74, 6) is 2.33. The lowest BCUT2D eigenvalue weighted by Crippen LogP contribution is -2.23. The highest BCUT2D eigenvalue weighted by Crippen LogP contribution is 2.21. The number of nitriles is 1. The van der Waals surface area contributed by atoms with Crippen molar-refractivity contribution in [3.8, 4) is 6.07 Å². The zero-order valence-electron chi connectivity index (χ0n) is 12.5. The molecule has 3 rings (SSSR count). The molecular weight excluding hydrogens is 276 g/mol. The van der Waals surface area contributed by atoms with E-state index in [4.69, 9.17) is 5.26 Å². The summed E-state index contributed by atoms with van der Waals surface area (Å²) < 4.78 is 0. The van der Waals surface area contributed by atoms with Crippen molar-refractivity contribution < 1.29 is 0 Å². The lowest BCUT2D eigenvalue weighted by Gasteiger charge is -2.17. The van der Waals surface area contributed by atoms with Crippen molar-refractivity contribution in [1.82, 2.24) is 15.0 Å². The van der Waals surface area contributed by atoms with E-state index in [-0.39, 0.29) is 0 Å². The van der Waals surface area contributed by atoms with E-state index in [2.05, 4.69) is 38.2 Å². The van der Waals surface area contributed by atoms with Crippen molar-refractivity contribution in [2.45, 2.75) is 13.3 Å². The van der Waals surface area contributed by atoms with Crippen LogP contribution in [0.15, 0.2) is 30.7 Å². The maximum absolute atomic E-state index is 8.75. The van der Waals surface area contributed by atoms with E-state index >= 15 is 0 Å². The van der Waals surface area contributed by atoms with Crippen LogP contribution in [0.5, 0.6) is 0 Å². The van der Waals surface area contributed by atoms with Gasteiger partial charge < -0.3 is 10.2 Å². The zero-order chi connectivity index (χ0) is 15.4. The van der Waals surface area contributed by atoms with Gasteiger partial charge in [0.15, 0.2) is 5.69 Å². The Morgan fingerprint density at radius 2 is 2.27 bits per heavy atom. The highest BCUT2D eigenvalue weighted by Gasteiger charge is 2.23. The smallest absolute Gasteiger partial charge is 0.158 e. The van der Waals surface area contributed by atoms with Crippen molar-refractivity contribution in [2.75, 3.05) is 29.9 Å². The van der Waals surface area contributed by atoms with E-state index in [1.165, 1.54) is 11.8 Å². The van der Waals surface area contributed by atoms with E-state index in [1.807, 2.05) is 18.3 Å². The van der Waals surface area contributed by atoms with Crippen molar-refractivity contribution >= 4 is 11.6 Å². The van der Waals surface area contributed by atoms with Crippen LogP contribution >= 0.6 is 0 Å². The Morgan fingerprint density at radius 1 is 1.36 bits per heavy atom. The molecule has 1 unspecified atom stereocenters. The van der Waals surface area contributed by atoms with Gasteiger partial charge >= 0.3 is 0 Å². The van der Waals surface area contributed by atoms with Gasteiger partial charge in [0.25, 0.3) is 0 Å². The van der Waals surface area contributed by atoms with Crippen molar-refractivity contribution in [3.05, 3.63) is 42.0 Å². The van der Waals surface area contributed by atoms with Crippen LogP contribution in [0.25, 0.3) is 0 Å². The zero-order valence-corrected chi connectivity index (χ0v) is 12.5. The van der Waals surface area contributed by atoms with Crippen LogP contribution in [0.3, 0.4) is 0 Å². The predicted molar refractivity (Wildman–Crippen MR) is 84.5 cm³/mol. The highest BCUT2D eigenvalue weighted by atomic mass is 15.2. The van der Waals surface area contributed by atoms with Gasteiger partial charge in [0.1, 0.15) is 17.7 Å². The molecule has 1 atom stereocenters. The molecule has 0 amide bonds. The second-order valence-electron chi connectivity index (χ2n) is 5.57. The molecule has 1 fully saturated rings. The Hall–Kier alpha value is -2.68. The summed E-state index contributed by atoms with van der Waals surface area (Å²) in [6.45, 7) is 4.87. The second-order valence-corrected chi connectivity index (χ2v) is 5.57. The van der Waals surface area contributed by atoms with Crippen LogP contribution in [0, 0.1) is 24.2 Å². The Bertz CT molecular complexity index is 676. The minimum Gasteiger partial charge on any atom is -0.370 e. The standard InChI is InChI=1S/C16H18N6/c1-12-2-4-18-15(6-12)20-8-13-3-5-22(11-13)16-10-19-14(7-17)9-21-16/h2,4,6,9-10,13H,3,5,8,11H2,1H3,(H,18,20). The molecular formula is C16H18N6. The summed E-state index contributed by atoms with van der Waals surface area (Å²) in [4.78, 5) is 14.9. The van der Waals surface area contributed by atoms with E-state index in [9.17, 15) is 0 Å². The van der Waals surface area contributed by atoms with Crippen molar-refractivity contribution in [1.29, 1.82) is 5.26 Å². The van der Waals surface area contributed by atoms with Crippen molar-refractivity contribution in [2.24, 2.45) is 5.92 Å². The SMILES string of the molecule is Cc1ccnc(NCC2CCN(c3cnc(C#N)cn3)C2)c1. The first kappa shape index (κ1) is 14.3. The van der Waals surface area contributed by atoms with Gasteiger partial charge in [-0.25, -0.2) is 15.0 Å². The van der Waals surface area contributed by atoms with Gasteiger partial charge in [-0.2, -0.15) is 5.26 Å². The first-order chi connectivity index (χ1) is 10.7. The first-order valence-corrected chi connectivity index (χ1v) is 7.38. The summed E-state index contributed by atoms with van der Waals surface area (Å²) in [5.41, 5.74) is 1.56. The molecule has 0 bridgehead atoms. The van der Waals surface area contributed by atoms with Crippen LogP contribution < -0.4 is 10.2 Å². The van der Waals surface area contributed by atoms with Gasteiger partial charge in [0.2, 0.25) is 0 Å². The highest BCUT2D eigenvalue weighted by molar-refractivity contribution is 5.40. The summed E-state index contributed by atoms with van der Waals surface area (Å²) in [6, 6.07) is 6.03. The normalized spacial score (nSPS) is 17.3. The molecule has 2 aromatic rings. The third kappa shape index (κ3) is 3.31. The summed E-state index contributed by atoms with van der Waals surface area (Å²) in [7, 11) is 0. The van der Waals surface area contributed by atoms with Gasteiger partial charge in [-0.15, -0.1) is 0 Å². The molecule has 0 spiro atoms. The molecule has 0 aliphatic carbocycles. The fourth-order valence-electron chi connectivity index (χ4n) is 2.63. The molecule has 22 heavy (non-hydrogen) atoms. The second kappa shape index (κ2) is 6.39. The summed E-state index contributed by atoms with van der Waals surface area (Å²) in [6.07, 6.45) is 6.14. The molecule has 2 aromatic heterocycles. The molecule has 6 heteroatoms. The van der Waals surface area contributed by atoms with Gasteiger partial charge in [0, 0.05) is 25.8 Å². The monoisotopic (exact) mass is 294 g/mol. The first-order valence-electron chi connectivity index (χ1n) is 7.38. The average molecular weight is 294 g/mol. The van der Waals surface area contributed by atoms with Crippen LogP contribution in [-0.4, -0.2) is 34.6 Å². The van der Waals surface area contributed by atoms with E-state index in [0.717, 1.165) is 37.7 Å². The molecule has 1 aliphatic heterocycles. The molecule has 1 aliphatic rings. The number of hydrogen-bond donors (Lipinski definition) is 1. The Labute approximate surface area is 129 Å². The van der Waals surface area contributed by atoms with Gasteiger partial charge in [-0.05, 0) is 37.0 Å². The number of nitrogens with one attached hydrogen (secondary N) is 1. The summed E-state index contributed by atoms with van der Waals surface area (Å²) >= 11 is 0. The molecule has 6 nitrogen and oxygen atoms in total. The minimum atomic E-state index is 0.353. The number of aromatic nitrogens is 3. The molecule has 0 radical (unpaired) electrons. The number of aryl methyl sites for hydroxylation is 1. The van der Waals surface area contributed by atoms with Crippen LogP contribution in [0.4, 0.5) is 11.6 Å². The largest absolute Gasteiger partial charge is 0.370 e. The third-order valence-electron chi connectivity index (χ3n) is 3.85. The fraction of sp³-hybridized carbons (Fsp3) is 0.375. The quantitative estimate of drug-likeness (QED) is 0.929. The van der Waals surface area contributed by atoms with Gasteiger partial charge in [-0.1, -0.05) is 0 Å². The topological polar surface area (TPSA) is 77.7 Å². The lowest BCUT2D eigenvalue weighted by atomic mass is 10.1. The van der Waals surface area contributed by atoms with Gasteiger partial charge in [-0.3, -0.25) is 0 Å². The molecule has 3 heterocycles. The third-order valence-corrected chi connectivity index (χ3v) is 3.85. The number of hydrogen-bond acceptors (Lipinski definition) is 6. The van der Waals surface area contributed by atoms with Gasteiger partial charge in [0.05, 0.1) is 12.4 Å². The maximum Gasteiger partial charge on any atom is 0.158 e. The maximum atomic E-state index is 8.75. The Kier molecular flexibility index (Phi) is 4.15. The Morgan fingerprint density at radius 3 is 3.00 bits per heavy atom. The number of nitrogens with zero attached hydrogens (tertiary/aromatic N) is 5. The van der Waals surface area contributed by atoms with E-state index < -0.39 is 0 Å². The number of anilines is 2. The average Bonchev–Trinajstić information content (AvgIpc) is 3.02. The van der Waals surface area contributed by atoms with Crippen molar-refractivity contribution in [3.63, 3.8) is 0 Å². The predicted octanol–water partition coefficient (Wildman–Crippen LogP) is 1.99. The lowest BCUT2D eigenvalue weighted by molar-refractivity contribution is 0.620. The number of rotatable bonds is 4. The summed E-state index contributed by atoms with van der Waals surface area (Å²) in [5, 5.41) is 12.2. The van der Waals surface area contributed by atoms with E-state index in [0.29, 0.717) is 11.6 Å². The van der Waals surface area contributed by atoms with Crippen LogP contribution in [-0.2, 0) is 0 Å². The molecule has 1 N–H and O–H groups in total. The van der Waals surface area contributed by atoms with E-state index in [1.54, 1.807) is 6.20 Å². The number of pyridine rings is 1. The molecule has 112 valence electrons. The molecule has 0 aromatic carbocycles. The fourth-order valence-corrected chi connectivity index (χ4v) is 2.63. The van der Waals surface area contributed by atoms with Crippen LogP contribution in [0.1, 0.15) is 17.7 Å². The molecule has 0 saturated carbocycles. The Balaban J connectivity index is 1.54. The molecule has 1 saturated heterocycles. The van der Waals surface area contributed by atoms with Crippen LogP contribution in [0.2, 0.25) is 0 Å². The minimum absolute atomic E-state index is 0.353.